The lowest BCUT2D eigenvalue weighted by Gasteiger charge is -2.37. The minimum absolute atomic E-state index is 0.0561. The molecule has 1 aliphatic rings. The van der Waals surface area contributed by atoms with Gasteiger partial charge in [0.15, 0.2) is 0 Å². The maximum absolute atomic E-state index is 12.4. The van der Waals surface area contributed by atoms with Crippen LogP contribution in [0.15, 0.2) is 28.2 Å². The van der Waals surface area contributed by atoms with Gasteiger partial charge in [-0.15, -0.1) is 11.3 Å². The average molecular weight is 351 g/mol. The molecular weight excluding hydrogens is 330 g/mol. The number of hydrogen-bond acceptors (Lipinski definition) is 4. The molecule has 0 bridgehead atoms. The number of H-pyrrole nitrogens is 2. The molecule has 23 heavy (non-hydrogen) atoms. The van der Waals surface area contributed by atoms with Crippen LogP contribution in [0.25, 0.3) is 20.5 Å². The summed E-state index contributed by atoms with van der Waals surface area (Å²) in [6.45, 7) is 0. The van der Waals surface area contributed by atoms with Crippen molar-refractivity contribution in [1.29, 1.82) is 0 Å². The Morgan fingerprint density at radius 1 is 1.35 bits per heavy atom. The zero-order chi connectivity index (χ0) is 16.6. The van der Waals surface area contributed by atoms with E-state index in [1.54, 1.807) is 11.3 Å². The molecular formula is C16H21N3O2S2. The Hall–Kier alpha value is -1.57. The lowest BCUT2D eigenvalue weighted by molar-refractivity contribution is 0.399. The Morgan fingerprint density at radius 3 is 2.83 bits per heavy atom. The summed E-state index contributed by atoms with van der Waals surface area (Å²) in [6.07, 6.45) is 10.6. The molecule has 3 aromatic heterocycles. The van der Waals surface area contributed by atoms with Crippen LogP contribution in [0.1, 0.15) is 12.1 Å². The molecule has 1 aliphatic heterocycles. The number of aromatic amines is 2. The molecule has 7 heteroatoms. The summed E-state index contributed by atoms with van der Waals surface area (Å²) in [5.41, 5.74) is 2.27. The van der Waals surface area contributed by atoms with Gasteiger partial charge in [-0.1, -0.05) is 0 Å². The third-order valence-electron chi connectivity index (χ3n) is 4.14. The molecule has 0 radical (unpaired) electrons. The van der Waals surface area contributed by atoms with Crippen molar-refractivity contribution in [2.75, 3.05) is 25.4 Å². The van der Waals surface area contributed by atoms with Crippen molar-refractivity contribution in [3.05, 3.63) is 34.5 Å². The van der Waals surface area contributed by atoms with Crippen molar-refractivity contribution in [3.63, 3.8) is 0 Å². The van der Waals surface area contributed by atoms with Gasteiger partial charge in [0.2, 0.25) is 0 Å². The van der Waals surface area contributed by atoms with Crippen LogP contribution in [0.2, 0.25) is 0 Å². The lowest BCUT2D eigenvalue weighted by Crippen LogP contribution is -2.19. The Labute approximate surface area is 140 Å². The summed E-state index contributed by atoms with van der Waals surface area (Å²) in [6, 6.07) is 2.18. The highest BCUT2D eigenvalue weighted by Crippen LogP contribution is 2.56. The molecule has 4 rings (SSSR count). The fraction of sp³-hybridized carbons (Fsp3) is 0.375. The Kier molecular flexibility index (Phi) is 4.35. The first-order chi connectivity index (χ1) is 11.1. The number of aliphatic hydroxyl groups excluding tert-OH is 1. The molecule has 5 nitrogen and oxygen atoms in total. The maximum atomic E-state index is 12.4. The second-order valence-electron chi connectivity index (χ2n) is 5.95. The summed E-state index contributed by atoms with van der Waals surface area (Å²) in [5.74, 6) is 1.25. The molecule has 4 heterocycles. The molecule has 3 aromatic rings. The monoisotopic (exact) mass is 351 g/mol. The normalized spacial score (nSPS) is 17.2. The molecule has 0 saturated carbocycles. The van der Waals surface area contributed by atoms with E-state index < -0.39 is 10.0 Å². The van der Waals surface area contributed by atoms with Crippen molar-refractivity contribution in [3.8, 4) is 10.4 Å². The van der Waals surface area contributed by atoms with Crippen molar-refractivity contribution in [2.45, 2.75) is 17.7 Å². The highest BCUT2D eigenvalue weighted by molar-refractivity contribution is 8.32. The zero-order valence-electron chi connectivity index (χ0n) is 13.5. The second kappa shape index (κ2) is 6.14. The van der Waals surface area contributed by atoms with Gasteiger partial charge in [-0.05, 0) is 37.2 Å². The highest BCUT2D eigenvalue weighted by atomic mass is 32.3. The predicted octanol–water partition coefficient (Wildman–Crippen LogP) is 2.96. The number of aryl methyl sites for hydroxylation is 1. The standard InChI is InChI=1S/C15H17N3OS2.CH4O/c1-21(2)5-3-4-11-14(21)10-6-12(9-7-16-17-8-9)20-13(10)15(19)18-11;1-2/h6-8H,3-5H2,1-2H3,(H,16,17)(H,18,19);2H,1H3. The first-order valence-electron chi connectivity index (χ1n) is 7.40. The number of aromatic nitrogens is 3. The predicted molar refractivity (Wildman–Crippen MR) is 99.1 cm³/mol. The molecule has 124 valence electrons. The third-order valence-corrected chi connectivity index (χ3v) is 8.20. The summed E-state index contributed by atoms with van der Waals surface area (Å²) in [5, 5.41) is 15.0. The van der Waals surface area contributed by atoms with Crippen LogP contribution in [-0.2, 0) is 6.42 Å². The average Bonchev–Trinajstić information content (AvgIpc) is 3.18. The van der Waals surface area contributed by atoms with E-state index in [0.717, 1.165) is 39.8 Å². The van der Waals surface area contributed by atoms with Crippen LogP contribution in [0.4, 0.5) is 0 Å². The van der Waals surface area contributed by atoms with Crippen molar-refractivity contribution in [2.24, 2.45) is 0 Å². The Bertz CT molecular complexity index is 879. The van der Waals surface area contributed by atoms with Gasteiger partial charge in [-0.2, -0.15) is 5.10 Å². The minimum atomic E-state index is -0.828. The quantitative estimate of drug-likeness (QED) is 0.630. The first kappa shape index (κ1) is 16.3. The Balaban J connectivity index is 0.000000753. The number of hydrogen-bond donors (Lipinski definition) is 3. The smallest absolute Gasteiger partial charge is 0.266 e. The van der Waals surface area contributed by atoms with Crippen LogP contribution in [0.3, 0.4) is 0 Å². The number of nitrogens with zero attached hydrogens (tertiary/aromatic N) is 1. The van der Waals surface area contributed by atoms with Gasteiger partial charge in [0, 0.05) is 39.7 Å². The summed E-state index contributed by atoms with van der Waals surface area (Å²) < 4.78 is 0.854. The van der Waals surface area contributed by atoms with E-state index in [1.165, 1.54) is 17.1 Å². The molecule has 0 aromatic carbocycles. The zero-order valence-corrected chi connectivity index (χ0v) is 15.1. The third kappa shape index (κ3) is 2.73. The molecule has 3 N–H and O–H groups in total. The molecule has 0 spiro atoms. The number of fused-ring (bicyclic) bond motifs is 3. The topological polar surface area (TPSA) is 81.8 Å². The van der Waals surface area contributed by atoms with E-state index in [9.17, 15) is 4.79 Å². The van der Waals surface area contributed by atoms with E-state index in [2.05, 4.69) is 33.8 Å². The van der Waals surface area contributed by atoms with E-state index in [0.29, 0.717) is 0 Å². The fourth-order valence-electron chi connectivity index (χ4n) is 3.19. The maximum Gasteiger partial charge on any atom is 0.266 e. The van der Waals surface area contributed by atoms with Gasteiger partial charge in [-0.3, -0.25) is 9.89 Å². The van der Waals surface area contributed by atoms with Crippen LogP contribution in [0, 0.1) is 0 Å². The van der Waals surface area contributed by atoms with Gasteiger partial charge in [-0.25, -0.2) is 10.0 Å². The summed E-state index contributed by atoms with van der Waals surface area (Å²) in [4.78, 5) is 18.0. The van der Waals surface area contributed by atoms with Gasteiger partial charge in [0.05, 0.1) is 6.20 Å². The van der Waals surface area contributed by atoms with Gasteiger partial charge < -0.3 is 10.1 Å². The van der Waals surface area contributed by atoms with E-state index in [4.69, 9.17) is 5.11 Å². The molecule has 0 saturated heterocycles. The largest absolute Gasteiger partial charge is 0.400 e. The summed E-state index contributed by atoms with van der Waals surface area (Å²) in [7, 11) is 0.172. The second-order valence-corrected chi connectivity index (χ2v) is 10.9. The fourth-order valence-corrected chi connectivity index (χ4v) is 6.94. The van der Waals surface area contributed by atoms with Crippen LogP contribution in [-0.4, -0.2) is 45.7 Å². The minimum Gasteiger partial charge on any atom is -0.400 e. The van der Waals surface area contributed by atoms with Crippen molar-refractivity contribution >= 4 is 31.5 Å². The first-order valence-corrected chi connectivity index (χ1v) is 10.8. The lowest BCUT2D eigenvalue weighted by atomic mass is 10.1. The number of pyridine rings is 1. The molecule has 0 atom stereocenters. The number of thiophene rings is 1. The molecule has 0 fully saturated rings. The van der Waals surface area contributed by atoms with Crippen molar-refractivity contribution in [1.82, 2.24) is 15.2 Å². The van der Waals surface area contributed by atoms with Crippen LogP contribution in [0.5, 0.6) is 0 Å². The van der Waals surface area contributed by atoms with Gasteiger partial charge in [0.1, 0.15) is 4.70 Å². The number of aliphatic hydroxyl groups is 1. The Morgan fingerprint density at radius 2 is 2.13 bits per heavy atom. The van der Waals surface area contributed by atoms with Gasteiger partial charge >= 0.3 is 0 Å². The number of rotatable bonds is 1. The summed E-state index contributed by atoms with van der Waals surface area (Å²) >= 11 is 1.56. The SMILES string of the molecule is CO.CS1(C)CCCc2[nH]c(=O)c3sc(-c4cn[nH]c4)cc3c21. The van der Waals surface area contributed by atoms with Crippen LogP contribution >= 0.6 is 21.4 Å². The van der Waals surface area contributed by atoms with E-state index in [-0.39, 0.29) is 5.56 Å². The molecule has 0 amide bonds. The highest BCUT2D eigenvalue weighted by Gasteiger charge is 2.27. The van der Waals surface area contributed by atoms with Gasteiger partial charge in [0.25, 0.3) is 5.56 Å². The molecule has 0 aliphatic carbocycles. The van der Waals surface area contributed by atoms with Crippen LogP contribution < -0.4 is 5.56 Å². The molecule has 0 unspecified atom stereocenters. The van der Waals surface area contributed by atoms with E-state index in [1.807, 2.05) is 12.4 Å². The number of nitrogens with one attached hydrogen (secondary N) is 2. The van der Waals surface area contributed by atoms with Crippen molar-refractivity contribution < 1.29 is 5.11 Å². The van der Waals surface area contributed by atoms with E-state index >= 15 is 0 Å².